The normalized spacial score (nSPS) is 15.6. The van der Waals surface area contributed by atoms with Crippen LogP contribution in [0, 0.1) is 0 Å². The Balaban J connectivity index is 0.00000261. The fourth-order valence-corrected chi connectivity index (χ4v) is 3.76. The van der Waals surface area contributed by atoms with E-state index in [1.165, 1.54) is 10.4 Å². The number of halogens is 1. The number of nitrogens with zero attached hydrogens (tertiary/aromatic N) is 2. The molecule has 0 fully saturated rings. The zero-order valence-corrected chi connectivity index (χ0v) is 19.3. The largest absolute Gasteiger partial charge is 0.496 e. The van der Waals surface area contributed by atoms with Crippen LogP contribution in [-0.2, 0) is 25.9 Å². The van der Waals surface area contributed by atoms with Crippen molar-refractivity contribution in [1.29, 1.82) is 0 Å². The zero-order chi connectivity index (χ0) is 18.5. The van der Waals surface area contributed by atoms with Crippen LogP contribution in [0.1, 0.15) is 34.9 Å². The van der Waals surface area contributed by atoms with Gasteiger partial charge in [0.25, 0.3) is 0 Å². The highest BCUT2D eigenvalue weighted by Gasteiger charge is 2.21. The van der Waals surface area contributed by atoms with Crippen LogP contribution in [0.5, 0.6) is 11.5 Å². The van der Waals surface area contributed by atoms with E-state index in [-0.39, 0.29) is 30.1 Å². The van der Waals surface area contributed by atoms with Crippen molar-refractivity contribution in [3.63, 3.8) is 0 Å². The van der Waals surface area contributed by atoms with Gasteiger partial charge in [0.1, 0.15) is 22.6 Å². The van der Waals surface area contributed by atoms with E-state index in [0.717, 1.165) is 40.9 Å². The van der Waals surface area contributed by atoms with Crippen LogP contribution in [0.3, 0.4) is 0 Å². The molecule has 1 aliphatic rings. The summed E-state index contributed by atoms with van der Waals surface area (Å²) in [5, 5.41) is 7.70. The number of ether oxygens (including phenoxy) is 2. The van der Waals surface area contributed by atoms with E-state index in [9.17, 15) is 0 Å². The van der Waals surface area contributed by atoms with Crippen LogP contribution in [0.2, 0.25) is 0 Å². The lowest BCUT2D eigenvalue weighted by Crippen LogP contribution is -2.36. The second kappa shape index (κ2) is 10.1. The Morgan fingerprint density at radius 3 is 2.81 bits per heavy atom. The van der Waals surface area contributed by atoms with Crippen molar-refractivity contribution >= 4 is 41.3 Å². The quantitative estimate of drug-likeness (QED) is 0.360. The Kier molecular flexibility index (Phi) is 8.15. The van der Waals surface area contributed by atoms with E-state index in [2.05, 4.69) is 46.6 Å². The van der Waals surface area contributed by atoms with E-state index >= 15 is 0 Å². The highest BCUT2D eigenvalue weighted by atomic mass is 127. The van der Waals surface area contributed by atoms with Gasteiger partial charge in [-0.3, -0.25) is 4.99 Å². The van der Waals surface area contributed by atoms with Gasteiger partial charge in [-0.15, -0.1) is 35.3 Å². The number of aliphatic imine (C=N–C) groups is 1. The Morgan fingerprint density at radius 1 is 1.37 bits per heavy atom. The minimum Gasteiger partial charge on any atom is -0.496 e. The molecule has 0 spiro atoms. The second-order valence-electron chi connectivity index (χ2n) is 6.26. The molecule has 0 aliphatic carbocycles. The molecule has 0 saturated heterocycles. The van der Waals surface area contributed by atoms with Gasteiger partial charge in [-0.05, 0) is 25.5 Å². The Labute approximate surface area is 181 Å². The molecule has 0 saturated carbocycles. The summed E-state index contributed by atoms with van der Waals surface area (Å²) >= 11 is 1.73. The van der Waals surface area contributed by atoms with Crippen molar-refractivity contribution in [3.8, 4) is 11.5 Å². The molecule has 2 aromatic rings. The van der Waals surface area contributed by atoms with Crippen LogP contribution in [-0.4, -0.2) is 31.2 Å². The highest BCUT2D eigenvalue weighted by Crippen LogP contribution is 2.34. The molecule has 3 rings (SSSR count). The van der Waals surface area contributed by atoms with Gasteiger partial charge in [0, 0.05) is 42.2 Å². The lowest BCUT2D eigenvalue weighted by molar-refractivity contribution is 0.254. The predicted octanol–water partition coefficient (Wildman–Crippen LogP) is 3.52. The van der Waals surface area contributed by atoms with E-state index < -0.39 is 0 Å². The van der Waals surface area contributed by atoms with Gasteiger partial charge in [-0.25, -0.2) is 4.98 Å². The lowest BCUT2D eigenvalue weighted by Gasteiger charge is -2.14. The molecule has 8 heteroatoms. The molecule has 1 atom stereocenters. The second-order valence-corrected chi connectivity index (χ2v) is 7.46. The summed E-state index contributed by atoms with van der Waals surface area (Å²) in [5.41, 5.74) is 2.25. The molecule has 1 aromatic carbocycles. The van der Waals surface area contributed by atoms with Crippen LogP contribution >= 0.6 is 35.3 Å². The number of hydrogen-bond acceptors (Lipinski definition) is 5. The average Bonchev–Trinajstić information content (AvgIpc) is 3.25. The summed E-state index contributed by atoms with van der Waals surface area (Å²) in [6.45, 7) is 5.48. The maximum Gasteiger partial charge on any atom is 0.191 e. The standard InChI is InChI=1S/C19H26N4O2S.HI/c1-5-15-10-21-18(26-15)11-23-19(20-3)22-9-14-8-17-13(6-12(2)25-17)7-16(14)24-4;/h7-8,10,12H,5-6,9,11H2,1-4H3,(H2,20,22,23);1H. The van der Waals surface area contributed by atoms with Crippen LogP contribution < -0.4 is 20.1 Å². The molecule has 1 aromatic heterocycles. The van der Waals surface area contributed by atoms with Crippen LogP contribution in [0.25, 0.3) is 0 Å². The minimum absolute atomic E-state index is 0. The van der Waals surface area contributed by atoms with Crippen molar-refractivity contribution in [3.05, 3.63) is 39.3 Å². The summed E-state index contributed by atoms with van der Waals surface area (Å²) in [5.74, 6) is 2.56. The number of thiazole rings is 1. The number of benzene rings is 1. The zero-order valence-electron chi connectivity index (χ0n) is 16.2. The Bertz CT molecular complexity index is 794. The van der Waals surface area contributed by atoms with E-state index in [1.54, 1.807) is 25.5 Å². The molecular formula is C19H27IN4O2S. The predicted molar refractivity (Wildman–Crippen MR) is 121 cm³/mol. The van der Waals surface area contributed by atoms with Crippen LogP contribution in [0.4, 0.5) is 0 Å². The third-order valence-corrected chi connectivity index (χ3v) is 5.47. The number of fused-ring (bicyclic) bond motifs is 1. The van der Waals surface area contributed by atoms with Crippen molar-refractivity contribution in [2.24, 2.45) is 4.99 Å². The molecule has 0 radical (unpaired) electrons. The minimum atomic E-state index is 0. The molecular weight excluding hydrogens is 475 g/mol. The molecule has 0 bridgehead atoms. The maximum absolute atomic E-state index is 5.86. The SMILES string of the molecule is CCc1cnc(CNC(=NC)NCc2cc3c(cc2OC)CC(C)O3)s1.I. The van der Waals surface area contributed by atoms with Gasteiger partial charge < -0.3 is 20.1 Å². The first-order valence-electron chi connectivity index (χ1n) is 8.87. The average molecular weight is 502 g/mol. The third kappa shape index (κ3) is 5.47. The fraction of sp³-hybridized carbons (Fsp3) is 0.474. The van der Waals surface area contributed by atoms with Gasteiger partial charge in [0.15, 0.2) is 5.96 Å². The molecule has 1 aliphatic heterocycles. The summed E-state index contributed by atoms with van der Waals surface area (Å²) in [7, 11) is 3.46. The summed E-state index contributed by atoms with van der Waals surface area (Å²) in [6, 6.07) is 4.14. The highest BCUT2D eigenvalue weighted by molar-refractivity contribution is 14.0. The van der Waals surface area contributed by atoms with E-state index in [0.29, 0.717) is 13.1 Å². The summed E-state index contributed by atoms with van der Waals surface area (Å²) < 4.78 is 11.4. The molecule has 27 heavy (non-hydrogen) atoms. The molecule has 2 N–H and O–H groups in total. The number of methoxy groups -OCH3 is 1. The third-order valence-electron chi connectivity index (χ3n) is 4.33. The number of rotatable bonds is 6. The maximum atomic E-state index is 5.86. The number of aryl methyl sites for hydroxylation is 1. The van der Waals surface area contributed by atoms with Crippen molar-refractivity contribution in [2.45, 2.75) is 45.9 Å². The van der Waals surface area contributed by atoms with Gasteiger partial charge >= 0.3 is 0 Å². The molecule has 2 heterocycles. The van der Waals surface area contributed by atoms with Crippen molar-refractivity contribution in [1.82, 2.24) is 15.6 Å². The van der Waals surface area contributed by atoms with E-state index in [1.807, 2.05) is 6.20 Å². The first-order chi connectivity index (χ1) is 12.6. The summed E-state index contributed by atoms with van der Waals surface area (Å²) in [4.78, 5) is 10.00. The van der Waals surface area contributed by atoms with Crippen molar-refractivity contribution < 1.29 is 9.47 Å². The van der Waals surface area contributed by atoms with Crippen molar-refractivity contribution in [2.75, 3.05) is 14.2 Å². The molecule has 0 amide bonds. The smallest absolute Gasteiger partial charge is 0.191 e. The topological polar surface area (TPSA) is 67.8 Å². The van der Waals surface area contributed by atoms with Gasteiger partial charge in [0.2, 0.25) is 0 Å². The molecule has 6 nitrogen and oxygen atoms in total. The van der Waals surface area contributed by atoms with E-state index in [4.69, 9.17) is 9.47 Å². The van der Waals surface area contributed by atoms with Crippen LogP contribution in [0.15, 0.2) is 23.3 Å². The number of nitrogens with one attached hydrogen (secondary N) is 2. The van der Waals surface area contributed by atoms with Gasteiger partial charge in [-0.2, -0.15) is 0 Å². The Hall–Kier alpha value is -1.55. The first kappa shape index (κ1) is 21.7. The molecule has 1 unspecified atom stereocenters. The number of guanidine groups is 1. The number of aromatic nitrogens is 1. The van der Waals surface area contributed by atoms with Gasteiger partial charge in [-0.1, -0.05) is 6.92 Å². The fourth-order valence-electron chi connectivity index (χ4n) is 2.96. The lowest BCUT2D eigenvalue weighted by atomic mass is 10.1. The summed E-state index contributed by atoms with van der Waals surface area (Å²) in [6.07, 6.45) is 4.10. The number of hydrogen-bond donors (Lipinski definition) is 2. The molecule has 148 valence electrons. The van der Waals surface area contributed by atoms with Gasteiger partial charge in [0.05, 0.1) is 13.7 Å². The Morgan fingerprint density at radius 2 is 2.15 bits per heavy atom. The monoisotopic (exact) mass is 502 g/mol. The first-order valence-corrected chi connectivity index (χ1v) is 9.69.